The zero-order valence-corrected chi connectivity index (χ0v) is 24.2. The van der Waals surface area contributed by atoms with E-state index in [1.54, 1.807) is 24.8 Å². The minimum absolute atomic E-state index is 0.00604. The first kappa shape index (κ1) is 32.8. The minimum atomic E-state index is -6.02. The van der Waals surface area contributed by atoms with Crippen LogP contribution in [-0.4, -0.2) is 56.9 Å². The summed E-state index contributed by atoms with van der Waals surface area (Å²) in [5.74, 6) is -0.481. The second-order valence-corrected chi connectivity index (χ2v) is 10.5. The van der Waals surface area contributed by atoms with Gasteiger partial charge in [0.25, 0.3) is 17.4 Å². The van der Waals surface area contributed by atoms with Gasteiger partial charge in [0.2, 0.25) is 0 Å². The van der Waals surface area contributed by atoms with Gasteiger partial charge in [-0.05, 0) is 56.4 Å². The molecule has 16 heteroatoms. The topological polar surface area (TPSA) is 115 Å². The number of aromatic nitrogens is 3. The van der Waals surface area contributed by atoms with Gasteiger partial charge < -0.3 is 15.4 Å². The monoisotopic (exact) mass is 633 g/mol. The van der Waals surface area contributed by atoms with Crippen LogP contribution in [0.15, 0.2) is 41.2 Å². The summed E-state index contributed by atoms with van der Waals surface area (Å²) < 4.78 is 68.5. The highest BCUT2D eigenvalue weighted by Gasteiger charge is 2.61. The maximum Gasteiger partial charge on any atom is 0.501 e. The Kier molecular flexibility index (Phi) is 10.2. The van der Waals surface area contributed by atoms with Crippen LogP contribution >= 0.6 is 23.4 Å². The van der Waals surface area contributed by atoms with E-state index in [4.69, 9.17) is 11.6 Å². The summed E-state index contributed by atoms with van der Waals surface area (Å²) in [6, 6.07) is 7.46. The quantitative estimate of drug-likeness (QED) is 0.294. The standard InChI is InChI=1S/C26H25ClF5N5O4S/c1-13-10-16(11-37-23(40)15(3)34-24(36-37)41-26(31,32)25(28,29)30)8-9-19(13)35-21(38)17-6-5-7-18(27)20(17)22(39)33-14(2)12-42-4/h5-10,14H,11-12H2,1-4H3,(H,33,39)(H,35,38)/t14-/m1/s1. The Morgan fingerprint density at radius 2 is 1.81 bits per heavy atom. The molecule has 2 aromatic carbocycles. The molecule has 2 amide bonds. The number of nitrogens with zero attached hydrogens (tertiary/aromatic N) is 3. The van der Waals surface area contributed by atoms with Gasteiger partial charge in [-0.2, -0.15) is 38.7 Å². The Labute approximate surface area is 245 Å². The normalized spacial score (nSPS) is 12.5. The molecule has 2 N–H and O–H groups in total. The highest BCUT2D eigenvalue weighted by Crippen LogP contribution is 2.36. The molecule has 9 nitrogen and oxygen atoms in total. The Bertz CT molecular complexity index is 1550. The van der Waals surface area contributed by atoms with Crippen LogP contribution in [-0.2, 0) is 6.54 Å². The summed E-state index contributed by atoms with van der Waals surface area (Å²) in [6.45, 7) is 4.22. The van der Waals surface area contributed by atoms with E-state index in [0.29, 0.717) is 27.2 Å². The molecule has 0 spiro atoms. The molecule has 0 saturated carbocycles. The number of thioether (sulfide) groups is 1. The number of hydrogen-bond donors (Lipinski definition) is 2. The van der Waals surface area contributed by atoms with Crippen molar-refractivity contribution >= 4 is 40.9 Å². The summed E-state index contributed by atoms with van der Waals surface area (Å²) in [6.07, 6.45) is -9.71. The predicted octanol–water partition coefficient (Wildman–Crippen LogP) is 5.22. The van der Waals surface area contributed by atoms with Crippen molar-refractivity contribution in [3.63, 3.8) is 0 Å². The highest BCUT2D eigenvalue weighted by molar-refractivity contribution is 7.98. The third kappa shape index (κ3) is 7.76. The molecule has 0 unspecified atom stereocenters. The van der Waals surface area contributed by atoms with Gasteiger partial charge in [-0.25, -0.2) is 4.68 Å². The molecule has 226 valence electrons. The fourth-order valence-corrected chi connectivity index (χ4v) is 4.57. The van der Waals surface area contributed by atoms with E-state index < -0.39 is 41.4 Å². The zero-order valence-electron chi connectivity index (χ0n) is 22.6. The lowest BCUT2D eigenvalue weighted by Crippen LogP contribution is -2.43. The first-order valence-electron chi connectivity index (χ1n) is 12.1. The molecule has 1 atom stereocenters. The molecule has 0 saturated heterocycles. The number of hydrogen-bond acceptors (Lipinski definition) is 7. The Morgan fingerprint density at radius 1 is 1.12 bits per heavy atom. The van der Waals surface area contributed by atoms with Crippen molar-refractivity contribution in [2.45, 2.75) is 45.6 Å². The van der Waals surface area contributed by atoms with Gasteiger partial charge in [-0.3, -0.25) is 14.4 Å². The third-order valence-electron chi connectivity index (χ3n) is 5.71. The van der Waals surface area contributed by atoms with Crippen LogP contribution in [0, 0.1) is 13.8 Å². The summed E-state index contributed by atoms with van der Waals surface area (Å²) >= 11 is 7.80. The van der Waals surface area contributed by atoms with E-state index in [1.165, 1.54) is 30.3 Å². The molecule has 42 heavy (non-hydrogen) atoms. The van der Waals surface area contributed by atoms with Crippen molar-refractivity contribution in [2.24, 2.45) is 0 Å². The van der Waals surface area contributed by atoms with Crippen LogP contribution in [0.5, 0.6) is 6.01 Å². The van der Waals surface area contributed by atoms with Gasteiger partial charge in [0.05, 0.1) is 22.7 Å². The van der Waals surface area contributed by atoms with E-state index in [2.05, 4.69) is 25.5 Å². The summed E-state index contributed by atoms with van der Waals surface area (Å²) in [5.41, 5.74) is 0.0174. The Hall–Kier alpha value is -3.72. The van der Waals surface area contributed by atoms with Crippen molar-refractivity contribution in [3.05, 3.63) is 79.7 Å². The number of alkyl halides is 5. The second-order valence-electron chi connectivity index (χ2n) is 9.15. The van der Waals surface area contributed by atoms with E-state index in [-0.39, 0.29) is 28.7 Å². The van der Waals surface area contributed by atoms with Crippen LogP contribution in [0.25, 0.3) is 0 Å². The number of ether oxygens (including phenoxy) is 1. The molecular formula is C26H25ClF5N5O4S. The van der Waals surface area contributed by atoms with E-state index in [1.807, 2.05) is 13.2 Å². The number of carbonyl (C=O) groups excluding carboxylic acids is 2. The number of aryl methyl sites for hydroxylation is 2. The first-order valence-corrected chi connectivity index (χ1v) is 13.9. The lowest BCUT2D eigenvalue weighted by Gasteiger charge is -2.19. The predicted molar refractivity (Wildman–Crippen MR) is 148 cm³/mol. The molecular weight excluding hydrogens is 609 g/mol. The number of amides is 2. The largest absolute Gasteiger partial charge is 0.501 e. The molecule has 0 aliphatic carbocycles. The minimum Gasteiger partial charge on any atom is -0.390 e. The van der Waals surface area contributed by atoms with Crippen LogP contribution in [0.4, 0.5) is 27.6 Å². The average molecular weight is 634 g/mol. The van der Waals surface area contributed by atoms with E-state index in [0.717, 1.165) is 6.92 Å². The second kappa shape index (κ2) is 13.1. The third-order valence-corrected chi connectivity index (χ3v) is 6.86. The average Bonchev–Trinajstić information content (AvgIpc) is 2.87. The fourth-order valence-electron chi connectivity index (χ4n) is 3.73. The Balaban J connectivity index is 1.83. The highest BCUT2D eigenvalue weighted by atomic mass is 35.5. The lowest BCUT2D eigenvalue weighted by atomic mass is 10.0. The van der Waals surface area contributed by atoms with Gasteiger partial charge in [0.15, 0.2) is 0 Å². The zero-order chi connectivity index (χ0) is 31.4. The molecule has 0 fully saturated rings. The van der Waals surface area contributed by atoms with Crippen LogP contribution in [0.1, 0.15) is 44.5 Å². The Morgan fingerprint density at radius 3 is 2.43 bits per heavy atom. The van der Waals surface area contributed by atoms with Crippen LogP contribution < -0.4 is 20.9 Å². The van der Waals surface area contributed by atoms with E-state index in [9.17, 15) is 36.3 Å². The van der Waals surface area contributed by atoms with Gasteiger partial charge >= 0.3 is 18.3 Å². The molecule has 3 rings (SSSR count). The van der Waals surface area contributed by atoms with Crippen molar-refractivity contribution in [1.82, 2.24) is 20.1 Å². The number of carbonyl (C=O) groups is 2. The molecule has 3 aromatic rings. The van der Waals surface area contributed by atoms with E-state index >= 15 is 0 Å². The molecule has 0 bridgehead atoms. The van der Waals surface area contributed by atoms with Crippen LogP contribution in [0.2, 0.25) is 5.02 Å². The number of halogens is 6. The SMILES string of the molecule is CSC[C@@H](C)NC(=O)c1c(Cl)cccc1C(=O)Nc1ccc(Cn2nc(OC(F)(F)C(F)(F)F)nc(C)c2=O)cc1C. The number of anilines is 1. The molecule has 0 radical (unpaired) electrons. The first-order chi connectivity index (χ1) is 19.5. The van der Waals surface area contributed by atoms with Crippen molar-refractivity contribution in [2.75, 3.05) is 17.3 Å². The molecule has 1 aromatic heterocycles. The maximum atomic E-state index is 13.3. The van der Waals surface area contributed by atoms with Crippen molar-refractivity contribution < 1.29 is 36.3 Å². The van der Waals surface area contributed by atoms with Gasteiger partial charge in [0.1, 0.15) is 5.69 Å². The van der Waals surface area contributed by atoms with Gasteiger partial charge in [0, 0.05) is 17.5 Å². The molecule has 1 heterocycles. The number of rotatable bonds is 10. The fraction of sp³-hybridized carbons (Fsp3) is 0.346. The lowest BCUT2D eigenvalue weighted by molar-refractivity contribution is -0.362. The summed E-state index contributed by atoms with van der Waals surface area (Å²) in [7, 11) is 0. The van der Waals surface area contributed by atoms with Crippen molar-refractivity contribution in [3.8, 4) is 6.01 Å². The number of benzene rings is 2. The smallest absolute Gasteiger partial charge is 0.390 e. The molecule has 0 aliphatic rings. The summed E-state index contributed by atoms with van der Waals surface area (Å²) in [5, 5.41) is 9.00. The van der Waals surface area contributed by atoms with Gasteiger partial charge in [-0.1, -0.05) is 29.8 Å². The van der Waals surface area contributed by atoms with Crippen molar-refractivity contribution in [1.29, 1.82) is 0 Å². The maximum absolute atomic E-state index is 13.3. The number of nitrogens with one attached hydrogen (secondary N) is 2. The van der Waals surface area contributed by atoms with Crippen LogP contribution in [0.3, 0.4) is 0 Å². The molecule has 0 aliphatic heterocycles. The van der Waals surface area contributed by atoms with Gasteiger partial charge in [-0.15, -0.1) is 5.10 Å². The summed E-state index contributed by atoms with van der Waals surface area (Å²) in [4.78, 5) is 41.8.